The van der Waals surface area contributed by atoms with Crippen molar-refractivity contribution in [3.05, 3.63) is 47.9 Å². The number of nitrogens with zero attached hydrogens (tertiary/aromatic N) is 5. The molecule has 0 spiro atoms. The van der Waals surface area contributed by atoms with Crippen LogP contribution in [-0.2, 0) is 0 Å². The average Bonchev–Trinajstić information content (AvgIpc) is 3.31. The monoisotopic (exact) mass is 347 g/mol. The van der Waals surface area contributed by atoms with E-state index < -0.39 is 6.43 Å². The molecule has 0 unspecified atom stereocenters. The van der Waals surface area contributed by atoms with Crippen LogP contribution in [-0.4, -0.2) is 43.5 Å². The minimum absolute atomic E-state index is 0.133. The summed E-state index contributed by atoms with van der Waals surface area (Å²) < 4.78 is 32.8. The Hall–Kier alpha value is -2.84. The Balaban J connectivity index is 1.63. The zero-order valence-corrected chi connectivity index (χ0v) is 13.2. The highest BCUT2D eigenvalue weighted by Crippen LogP contribution is 2.29. The molecule has 0 bridgehead atoms. The van der Waals surface area contributed by atoms with Crippen LogP contribution < -0.4 is 0 Å². The smallest absolute Gasteiger partial charge is 0.289 e. The van der Waals surface area contributed by atoms with Gasteiger partial charge in [0, 0.05) is 19.0 Å². The second-order valence-corrected chi connectivity index (χ2v) is 5.95. The van der Waals surface area contributed by atoms with E-state index in [1.165, 1.54) is 18.7 Å². The molecule has 3 aromatic heterocycles. The summed E-state index contributed by atoms with van der Waals surface area (Å²) in [6.07, 6.45) is 1.49. The van der Waals surface area contributed by atoms with Crippen LogP contribution in [0.2, 0.25) is 0 Å². The number of alkyl halides is 2. The number of piperidine rings is 1. The molecule has 0 aromatic carbocycles. The Bertz CT molecular complexity index is 893. The van der Waals surface area contributed by atoms with Crippen LogP contribution in [0.4, 0.5) is 8.78 Å². The predicted molar refractivity (Wildman–Crippen MR) is 82.3 cm³/mol. The van der Waals surface area contributed by atoms with Crippen LogP contribution in [0, 0.1) is 0 Å². The van der Waals surface area contributed by atoms with Crippen molar-refractivity contribution < 1.29 is 18.0 Å². The molecule has 130 valence electrons. The van der Waals surface area contributed by atoms with E-state index in [0.717, 1.165) is 17.4 Å². The van der Waals surface area contributed by atoms with Gasteiger partial charge in [0.2, 0.25) is 0 Å². The molecule has 0 aliphatic carbocycles. The van der Waals surface area contributed by atoms with Gasteiger partial charge in [-0.15, -0.1) is 0 Å². The quantitative estimate of drug-likeness (QED) is 0.728. The van der Waals surface area contributed by atoms with Gasteiger partial charge in [-0.1, -0.05) is 0 Å². The lowest BCUT2D eigenvalue weighted by molar-refractivity contribution is 0.0673. The molecule has 25 heavy (non-hydrogen) atoms. The van der Waals surface area contributed by atoms with Crippen molar-refractivity contribution in [3.8, 4) is 0 Å². The highest BCUT2D eigenvalue weighted by Gasteiger charge is 2.29. The number of rotatable bonds is 3. The molecule has 3 aromatic rings. The van der Waals surface area contributed by atoms with Crippen LogP contribution in [0.1, 0.15) is 47.1 Å². The molecule has 1 atom stereocenters. The maximum Gasteiger partial charge on any atom is 0.289 e. The second kappa shape index (κ2) is 6.23. The number of hydrogen-bond acceptors (Lipinski definition) is 5. The summed E-state index contributed by atoms with van der Waals surface area (Å²) in [5.41, 5.74) is 0.264. The highest BCUT2D eigenvalue weighted by atomic mass is 19.3. The lowest BCUT2D eigenvalue weighted by Gasteiger charge is -2.32. The summed E-state index contributed by atoms with van der Waals surface area (Å²) in [5.74, 6) is 0.0799. The third kappa shape index (κ3) is 2.86. The Kier molecular flexibility index (Phi) is 3.90. The van der Waals surface area contributed by atoms with Crippen LogP contribution in [0.15, 0.2) is 35.2 Å². The van der Waals surface area contributed by atoms with E-state index in [1.807, 2.05) is 0 Å². The first-order valence-electron chi connectivity index (χ1n) is 7.95. The van der Waals surface area contributed by atoms with E-state index in [-0.39, 0.29) is 29.1 Å². The number of fused-ring (bicyclic) bond motifs is 1. The zero-order valence-electron chi connectivity index (χ0n) is 13.2. The fourth-order valence-corrected chi connectivity index (χ4v) is 3.18. The number of amides is 1. The summed E-state index contributed by atoms with van der Waals surface area (Å²) in [7, 11) is 0. The van der Waals surface area contributed by atoms with Gasteiger partial charge in [-0.3, -0.25) is 4.79 Å². The summed E-state index contributed by atoms with van der Waals surface area (Å²) in [6, 6.07) is 4.63. The van der Waals surface area contributed by atoms with Crippen molar-refractivity contribution in [2.75, 3.05) is 13.1 Å². The summed E-state index contributed by atoms with van der Waals surface area (Å²) in [6.45, 7) is 1.00. The minimum atomic E-state index is -2.68. The van der Waals surface area contributed by atoms with Gasteiger partial charge in [-0.05, 0) is 31.0 Å². The van der Waals surface area contributed by atoms with Gasteiger partial charge in [0.05, 0.1) is 12.0 Å². The number of aromatic nitrogens is 4. The molecule has 0 N–H and O–H groups in total. The molecule has 9 heteroatoms. The van der Waals surface area contributed by atoms with Crippen LogP contribution in [0.3, 0.4) is 0 Å². The van der Waals surface area contributed by atoms with Crippen molar-refractivity contribution in [1.29, 1.82) is 0 Å². The van der Waals surface area contributed by atoms with Crippen molar-refractivity contribution >= 4 is 11.7 Å². The topological polar surface area (TPSA) is 76.5 Å². The standard InChI is InChI=1S/C16H15F2N5O2/c17-14(18)12-7-11(21-16-19-9-20-23(12)16)10-3-1-5-22(8-10)15(24)13-4-2-6-25-13/h2,4,6-7,9-10,14H,1,3,5,8H2/t10-/m1/s1. The highest BCUT2D eigenvalue weighted by molar-refractivity contribution is 5.91. The summed E-state index contributed by atoms with van der Waals surface area (Å²) in [4.78, 5) is 22.4. The van der Waals surface area contributed by atoms with Gasteiger partial charge < -0.3 is 9.32 Å². The lowest BCUT2D eigenvalue weighted by atomic mass is 9.94. The number of carbonyl (C=O) groups excluding carboxylic acids is 1. The molecule has 0 saturated carbocycles. The van der Waals surface area contributed by atoms with E-state index in [2.05, 4.69) is 15.1 Å². The molecular weight excluding hydrogens is 332 g/mol. The van der Waals surface area contributed by atoms with E-state index in [4.69, 9.17) is 4.42 Å². The third-order valence-electron chi connectivity index (χ3n) is 4.38. The van der Waals surface area contributed by atoms with Crippen molar-refractivity contribution in [2.24, 2.45) is 0 Å². The number of hydrogen-bond donors (Lipinski definition) is 0. The molecule has 1 aliphatic rings. The molecule has 7 nitrogen and oxygen atoms in total. The Labute approximate surface area is 141 Å². The summed E-state index contributed by atoms with van der Waals surface area (Å²) in [5, 5.41) is 3.79. The van der Waals surface area contributed by atoms with Crippen molar-refractivity contribution in [3.63, 3.8) is 0 Å². The van der Waals surface area contributed by atoms with E-state index >= 15 is 0 Å². The maximum atomic E-state index is 13.3. The Morgan fingerprint density at radius 3 is 3.04 bits per heavy atom. The Morgan fingerprint density at radius 2 is 2.28 bits per heavy atom. The van der Waals surface area contributed by atoms with Gasteiger partial charge >= 0.3 is 0 Å². The Morgan fingerprint density at radius 1 is 1.40 bits per heavy atom. The van der Waals surface area contributed by atoms with Crippen LogP contribution in [0.25, 0.3) is 5.78 Å². The molecule has 0 radical (unpaired) electrons. The van der Waals surface area contributed by atoms with E-state index in [1.54, 1.807) is 17.0 Å². The first-order valence-corrected chi connectivity index (χ1v) is 7.95. The zero-order chi connectivity index (χ0) is 17.4. The molecule has 1 amide bonds. The van der Waals surface area contributed by atoms with Gasteiger partial charge in [0.15, 0.2) is 5.76 Å². The molecule has 4 heterocycles. The molecular formula is C16H15F2N5O2. The molecule has 1 fully saturated rings. The lowest BCUT2D eigenvalue weighted by Crippen LogP contribution is -2.39. The van der Waals surface area contributed by atoms with E-state index in [0.29, 0.717) is 18.8 Å². The number of halogens is 2. The average molecular weight is 347 g/mol. The van der Waals surface area contributed by atoms with Crippen molar-refractivity contribution in [1.82, 2.24) is 24.5 Å². The van der Waals surface area contributed by atoms with Gasteiger partial charge in [0.25, 0.3) is 18.1 Å². The fraction of sp³-hybridized carbons (Fsp3) is 0.375. The first kappa shape index (κ1) is 15.7. The minimum Gasteiger partial charge on any atom is -0.459 e. The van der Waals surface area contributed by atoms with Crippen LogP contribution in [0.5, 0.6) is 0 Å². The van der Waals surface area contributed by atoms with Gasteiger partial charge in [-0.2, -0.15) is 14.6 Å². The van der Waals surface area contributed by atoms with E-state index in [9.17, 15) is 13.6 Å². The first-order chi connectivity index (χ1) is 12.1. The number of likely N-dealkylation sites (tertiary alicyclic amines) is 1. The molecule has 1 saturated heterocycles. The third-order valence-corrected chi connectivity index (χ3v) is 4.38. The normalized spacial score (nSPS) is 18.2. The summed E-state index contributed by atoms with van der Waals surface area (Å²) >= 11 is 0. The maximum absolute atomic E-state index is 13.3. The fourth-order valence-electron chi connectivity index (χ4n) is 3.18. The SMILES string of the molecule is O=C(c1ccco1)N1CCC[C@@H](c2cc(C(F)F)n3ncnc3n2)C1. The molecule has 4 rings (SSSR count). The predicted octanol–water partition coefficient (Wildman–Crippen LogP) is 2.67. The second-order valence-electron chi connectivity index (χ2n) is 5.95. The largest absolute Gasteiger partial charge is 0.459 e. The van der Waals surface area contributed by atoms with Gasteiger partial charge in [-0.25, -0.2) is 13.8 Å². The van der Waals surface area contributed by atoms with Crippen LogP contribution >= 0.6 is 0 Å². The number of furan rings is 1. The van der Waals surface area contributed by atoms with Gasteiger partial charge in [0.1, 0.15) is 12.0 Å². The van der Waals surface area contributed by atoms with Crippen molar-refractivity contribution in [2.45, 2.75) is 25.2 Å². The molecule has 1 aliphatic heterocycles. The number of carbonyl (C=O) groups is 1.